The highest BCUT2D eigenvalue weighted by Gasteiger charge is 2.38. The number of nitrogens with zero attached hydrogens (tertiary/aromatic N) is 2. The highest BCUT2D eigenvalue weighted by molar-refractivity contribution is 5.97. The van der Waals surface area contributed by atoms with Crippen LogP contribution in [0.2, 0.25) is 0 Å². The fourth-order valence-corrected chi connectivity index (χ4v) is 4.06. The van der Waals surface area contributed by atoms with Gasteiger partial charge in [0.2, 0.25) is 0 Å². The zero-order chi connectivity index (χ0) is 22.0. The number of benzene rings is 2. The number of rotatable bonds is 5. The molecule has 0 amide bonds. The maximum absolute atomic E-state index is 12.5. The van der Waals surface area contributed by atoms with Gasteiger partial charge in [-0.25, -0.2) is 4.79 Å². The molecular weight excluding hydrogens is 388 g/mol. The minimum atomic E-state index is -0.568. The van der Waals surface area contributed by atoms with E-state index in [0.717, 1.165) is 27.9 Å². The van der Waals surface area contributed by atoms with Crippen LogP contribution in [0.3, 0.4) is 0 Å². The second-order valence-electron chi connectivity index (χ2n) is 8.06. The molecular formula is C26H24N2O3. The molecule has 31 heavy (non-hydrogen) atoms. The van der Waals surface area contributed by atoms with E-state index in [1.165, 1.54) is 11.6 Å². The predicted molar refractivity (Wildman–Crippen MR) is 123 cm³/mol. The van der Waals surface area contributed by atoms with Gasteiger partial charge in [0.15, 0.2) is 12.4 Å². The van der Waals surface area contributed by atoms with Gasteiger partial charge in [-0.05, 0) is 23.8 Å². The average molecular weight is 412 g/mol. The number of allylic oxidation sites excluding steroid dienone is 1. The molecule has 0 spiro atoms. The zero-order valence-corrected chi connectivity index (χ0v) is 17.8. The van der Waals surface area contributed by atoms with Gasteiger partial charge in [-0.2, -0.15) is 0 Å². The lowest BCUT2D eigenvalue weighted by Crippen LogP contribution is -2.25. The monoisotopic (exact) mass is 412 g/mol. The first-order valence-electron chi connectivity index (χ1n) is 10.1. The van der Waals surface area contributed by atoms with E-state index < -0.39 is 5.97 Å². The lowest BCUT2D eigenvalue weighted by atomic mass is 9.83. The number of carbonyl (C=O) groups excluding carboxylic acids is 2. The van der Waals surface area contributed by atoms with E-state index in [9.17, 15) is 9.59 Å². The fraction of sp³-hybridized carbons (Fsp3) is 0.192. The molecule has 0 bridgehead atoms. The molecule has 0 fully saturated rings. The number of esters is 1. The Bertz CT molecular complexity index is 1220. The lowest BCUT2D eigenvalue weighted by Gasteiger charge is -2.23. The van der Waals surface area contributed by atoms with Gasteiger partial charge in [0.1, 0.15) is 0 Å². The third-order valence-corrected chi connectivity index (χ3v) is 5.66. The van der Waals surface area contributed by atoms with Crippen molar-refractivity contribution in [2.75, 3.05) is 18.6 Å². The first kappa shape index (κ1) is 20.5. The van der Waals surface area contributed by atoms with Crippen LogP contribution in [-0.4, -0.2) is 30.4 Å². The largest absolute Gasteiger partial charge is 0.454 e. The van der Waals surface area contributed by atoms with Crippen LogP contribution >= 0.6 is 0 Å². The molecule has 4 rings (SSSR count). The number of hydrogen-bond acceptors (Lipinski definition) is 5. The summed E-state index contributed by atoms with van der Waals surface area (Å²) >= 11 is 0. The molecule has 1 aliphatic rings. The van der Waals surface area contributed by atoms with Gasteiger partial charge in [-0.15, -0.1) is 0 Å². The molecule has 3 aromatic rings. The number of para-hydroxylation sites is 2. The van der Waals surface area contributed by atoms with Crippen molar-refractivity contribution in [3.8, 4) is 0 Å². The number of pyridine rings is 1. The van der Waals surface area contributed by atoms with Crippen molar-refractivity contribution in [2.24, 2.45) is 0 Å². The highest BCUT2D eigenvalue weighted by Crippen LogP contribution is 2.46. The Morgan fingerprint density at radius 2 is 1.84 bits per heavy atom. The SMILES string of the molecule is CN1/C(=C\C(=O)COC(=O)/C=C/c2cccc3cccnc23)C(C)(C)c2ccccc21. The molecule has 2 heterocycles. The third kappa shape index (κ3) is 3.99. The number of anilines is 1. The molecule has 0 saturated carbocycles. The van der Waals surface area contributed by atoms with Crippen molar-refractivity contribution in [3.05, 3.63) is 89.8 Å². The molecule has 156 valence electrons. The number of likely N-dealkylation sites (N-methyl/N-ethyl adjacent to an activating group) is 1. The number of fused-ring (bicyclic) bond motifs is 2. The first-order chi connectivity index (χ1) is 14.9. The Morgan fingerprint density at radius 1 is 1.06 bits per heavy atom. The lowest BCUT2D eigenvalue weighted by molar-refractivity contribution is -0.141. The van der Waals surface area contributed by atoms with Crippen molar-refractivity contribution in [1.29, 1.82) is 0 Å². The maximum atomic E-state index is 12.5. The van der Waals surface area contributed by atoms with E-state index in [-0.39, 0.29) is 17.8 Å². The summed E-state index contributed by atoms with van der Waals surface area (Å²) in [7, 11) is 1.94. The average Bonchev–Trinajstić information content (AvgIpc) is 2.97. The number of ether oxygens (including phenoxy) is 1. The van der Waals surface area contributed by atoms with Crippen LogP contribution in [0.4, 0.5) is 5.69 Å². The van der Waals surface area contributed by atoms with E-state index in [4.69, 9.17) is 4.74 Å². The van der Waals surface area contributed by atoms with Crippen molar-refractivity contribution in [1.82, 2.24) is 4.98 Å². The molecule has 5 heteroatoms. The molecule has 5 nitrogen and oxygen atoms in total. The minimum Gasteiger partial charge on any atom is -0.454 e. The summed E-state index contributed by atoms with van der Waals surface area (Å²) < 4.78 is 5.17. The van der Waals surface area contributed by atoms with Gasteiger partial charge < -0.3 is 9.64 Å². The summed E-state index contributed by atoms with van der Waals surface area (Å²) in [5, 5.41) is 0.990. The molecule has 2 aromatic carbocycles. The van der Waals surface area contributed by atoms with E-state index in [1.807, 2.05) is 60.5 Å². The Labute approximate surface area is 181 Å². The summed E-state index contributed by atoms with van der Waals surface area (Å²) in [6.07, 6.45) is 6.27. The van der Waals surface area contributed by atoms with Crippen LogP contribution in [0.25, 0.3) is 17.0 Å². The number of carbonyl (C=O) groups is 2. The van der Waals surface area contributed by atoms with Gasteiger partial charge in [-0.1, -0.05) is 56.3 Å². The van der Waals surface area contributed by atoms with Gasteiger partial charge >= 0.3 is 5.97 Å². The van der Waals surface area contributed by atoms with Crippen LogP contribution in [0, 0.1) is 0 Å². The van der Waals surface area contributed by atoms with Gasteiger partial charge in [-0.3, -0.25) is 9.78 Å². The molecule has 0 unspecified atom stereocenters. The Kier molecular flexibility index (Phi) is 5.42. The van der Waals surface area contributed by atoms with Gasteiger partial charge in [0, 0.05) is 53.1 Å². The quantitative estimate of drug-likeness (QED) is 0.450. The third-order valence-electron chi connectivity index (χ3n) is 5.66. The molecule has 0 saturated heterocycles. The summed E-state index contributed by atoms with van der Waals surface area (Å²) in [6, 6.07) is 17.7. The van der Waals surface area contributed by atoms with Crippen LogP contribution in [0.1, 0.15) is 25.0 Å². The fourth-order valence-electron chi connectivity index (χ4n) is 4.06. The molecule has 1 aromatic heterocycles. The number of ketones is 1. The topological polar surface area (TPSA) is 59.5 Å². The van der Waals surface area contributed by atoms with Gasteiger partial charge in [0.25, 0.3) is 0 Å². The smallest absolute Gasteiger partial charge is 0.331 e. The van der Waals surface area contributed by atoms with Crippen molar-refractivity contribution >= 4 is 34.4 Å². The van der Waals surface area contributed by atoms with Crippen LogP contribution in [0.15, 0.2) is 78.6 Å². The summed E-state index contributed by atoms with van der Waals surface area (Å²) in [4.78, 5) is 31.0. The molecule has 0 radical (unpaired) electrons. The Balaban J connectivity index is 1.42. The van der Waals surface area contributed by atoms with Crippen LogP contribution in [0.5, 0.6) is 0 Å². The van der Waals surface area contributed by atoms with Crippen molar-refractivity contribution in [2.45, 2.75) is 19.3 Å². The normalized spacial score (nSPS) is 16.1. The zero-order valence-electron chi connectivity index (χ0n) is 17.8. The van der Waals surface area contributed by atoms with E-state index in [1.54, 1.807) is 18.3 Å². The first-order valence-corrected chi connectivity index (χ1v) is 10.1. The number of aromatic nitrogens is 1. The van der Waals surface area contributed by atoms with Crippen LogP contribution < -0.4 is 4.90 Å². The van der Waals surface area contributed by atoms with Gasteiger partial charge in [0.05, 0.1) is 5.52 Å². The predicted octanol–water partition coefficient (Wildman–Crippen LogP) is 4.67. The van der Waals surface area contributed by atoms with Crippen molar-refractivity contribution < 1.29 is 14.3 Å². The second-order valence-corrected chi connectivity index (χ2v) is 8.06. The molecule has 1 aliphatic heterocycles. The molecule has 0 aliphatic carbocycles. The Hall–Kier alpha value is -3.73. The van der Waals surface area contributed by atoms with Crippen molar-refractivity contribution in [3.63, 3.8) is 0 Å². The maximum Gasteiger partial charge on any atom is 0.331 e. The number of hydrogen-bond donors (Lipinski definition) is 0. The second kappa shape index (κ2) is 8.19. The molecule has 0 N–H and O–H groups in total. The van der Waals surface area contributed by atoms with E-state index >= 15 is 0 Å². The molecule has 0 atom stereocenters. The minimum absolute atomic E-state index is 0.253. The highest BCUT2D eigenvalue weighted by atomic mass is 16.5. The summed E-state index contributed by atoms with van der Waals surface area (Å²) in [5.74, 6) is -0.821. The van der Waals surface area contributed by atoms with E-state index in [0.29, 0.717) is 0 Å². The van der Waals surface area contributed by atoms with Crippen LogP contribution in [-0.2, 0) is 19.7 Å². The van der Waals surface area contributed by atoms with E-state index in [2.05, 4.69) is 24.9 Å². The summed E-state index contributed by atoms with van der Waals surface area (Å²) in [6.45, 7) is 3.86. The Morgan fingerprint density at radius 3 is 2.65 bits per heavy atom. The summed E-state index contributed by atoms with van der Waals surface area (Å²) in [5.41, 5.74) is 4.45. The standard InChI is InChI=1S/C26H24N2O3/c1-26(2)21-11-4-5-12-22(21)28(3)23(26)16-20(29)17-31-24(30)14-13-19-9-6-8-18-10-7-15-27-25(18)19/h4-16H,17H2,1-3H3/b14-13+,23-16-.